The second kappa shape index (κ2) is 8.12. The number of rotatable bonds is 9. The molecule has 1 fully saturated rings. The van der Waals surface area contributed by atoms with Crippen LogP contribution in [0.25, 0.3) is 0 Å². The van der Waals surface area contributed by atoms with Crippen molar-refractivity contribution in [3.63, 3.8) is 0 Å². The van der Waals surface area contributed by atoms with Gasteiger partial charge in [-0.25, -0.2) is 0 Å². The monoisotopic (exact) mass is 213 g/mol. The number of hydrogen-bond acceptors (Lipinski definition) is 2. The number of hydrogen-bond donors (Lipinski definition) is 1. The highest BCUT2D eigenvalue weighted by Crippen LogP contribution is 2.29. The van der Waals surface area contributed by atoms with Gasteiger partial charge in [0, 0.05) is 19.3 Å². The van der Waals surface area contributed by atoms with Gasteiger partial charge in [-0.2, -0.15) is 0 Å². The highest BCUT2D eigenvalue weighted by atomic mass is 16.5. The molecular weight excluding hydrogens is 186 g/mol. The van der Waals surface area contributed by atoms with Gasteiger partial charge in [0.25, 0.3) is 0 Å². The van der Waals surface area contributed by atoms with Crippen molar-refractivity contribution < 1.29 is 4.74 Å². The van der Waals surface area contributed by atoms with Gasteiger partial charge in [-0.3, -0.25) is 0 Å². The van der Waals surface area contributed by atoms with E-state index < -0.39 is 0 Å². The average Bonchev–Trinajstić information content (AvgIpc) is 2.14. The molecule has 0 heterocycles. The maximum atomic E-state index is 5.64. The predicted molar refractivity (Wildman–Crippen MR) is 65.1 cm³/mol. The fraction of sp³-hybridized carbons (Fsp3) is 1.00. The van der Waals surface area contributed by atoms with Crippen LogP contribution in [0.5, 0.6) is 0 Å². The summed E-state index contributed by atoms with van der Waals surface area (Å²) in [6, 6.07) is 0.644. The Hall–Kier alpha value is -0.0800. The molecule has 1 rings (SSSR count). The molecule has 1 saturated carbocycles. The van der Waals surface area contributed by atoms with Crippen LogP contribution in [0.2, 0.25) is 0 Å². The van der Waals surface area contributed by atoms with Gasteiger partial charge >= 0.3 is 0 Å². The fourth-order valence-electron chi connectivity index (χ4n) is 2.08. The zero-order valence-electron chi connectivity index (χ0n) is 10.4. The molecule has 0 amide bonds. The molecule has 90 valence electrons. The van der Waals surface area contributed by atoms with Crippen molar-refractivity contribution in [2.45, 2.75) is 58.4 Å². The molecule has 0 aliphatic heterocycles. The normalized spacial score (nSPS) is 18.8. The lowest BCUT2D eigenvalue weighted by molar-refractivity contribution is 0.102. The summed E-state index contributed by atoms with van der Waals surface area (Å²) < 4.78 is 5.64. The zero-order valence-corrected chi connectivity index (χ0v) is 10.4. The van der Waals surface area contributed by atoms with E-state index in [4.69, 9.17) is 4.74 Å². The molecule has 0 radical (unpaired) electrons. The quantitative estimate of drug-likeness (QED) is 0.595. The first kappa shape index (κ1) is 13.0. The minimum Gasteiger partial charge on any atom is -0.381 e. The van der Waals surface area contributed by atoms with Gasteiger partial charge in [-0.15, -0.1) is 0 Å². The summed E-state index contributed by atoms with van der Waals surface area (Å²) in [4.78, 5) is 0. The van der Waals surface area contributed by atoms with Crippen LogP contribution in [-0.4, -0.2) is 25.8 Å². The van der Waals surface area contributed by atoms with Gasteiger partial charge < -0.3 is 10.1 Å². The first-order chi connectivity index (χ1) is 7.33. The van der Waals surface area contributed by atoms with Gasteiger partial charge in [-0.05, 0) is 38.6 Å². The second-order valence-electron chi connectivity index (χ2n) is 4.80. The van der Waals surface area contributed by atoms with E-state index in [1.807, 2.05) is 0 Å². The highest BCUT2D eigenvalue weighted by molar-refractivity contribution is 4.68. The molecule has 1 atom stereocenters. The van der Waals surface area contributed by atoms with Crippen LogP contribution in [0.1, 0.15) is 52.4 Å². The Labute approximate surface area is 94.8 Å². The highest BCUT2D eigenvalue weighted by Gasteiger charge is 2.16. The molecule has 1 aliphatic carbocycles. The Bertz CT molecular complexity index is 145. The van der Waals surface area contributed by atoms with Crippen molar-refractivity contribution in [2.24, 2.45) is 5.92 Å². The molecule has 0 saturated heterocycles. The molecule has 0 bridgehead atoms. The average molecular weight is 213 g/mol. The van der Waals surface area contributed by atoms with E-state index in [0.717, 1.165) is 25.7 Å². The predicted octanol–water partition coefficient (Wildman–Crippen LogP) is 2.97. The third-order valence-corrected chi connectivity index (χ3v) is 3.37. The van der Waals surface area contributed by atoms with E-state index in [-0.39, 0.29) is 0 Å². The summed E-state index contributed by atoms with van der Waals surface area (Å²) in [5.41, 5.74) is 0. The van der Waals surface area contributed by atoms with Crippen LogP contribution in [-0.2, 0) is 4.74 Å². The first-order valence-corrected chi connectivity index (χ1v) is 6.64. The molecule has 0 aromatic rings. The summed E-state index contributed by atoms with van der Waals surface area (Å²) in [7, 11) is 0. The van der Waals surface area contributed by atoms with Crippen LogP contribution in [0.4, 0.5) is 0 Å². The van der Waals surface area contributed by atoms with E-state index >= 15 is 0 Å². The van der Waals surface area contributed by atoms with E-state index in [1.54, 1.807) is 0 Å². The largest absolute Gasteiger partial charge is 0.381 e. The van der Waals surface area contributed by atoms with Crippen molar-refractivity contribution >= 4 is 0 Å². The second-order valence-corrected chi connectivity index (χ2v) is 4.80. The van der Waals surface area contributed by atoms with E-state index in [2.05, 4.69) is 19.2 Å². The van der Waals surface area contributed by atoms with Crippen LogP contribution in [0, 0.1) is 5.92 Å². The third-order valence-electron chi connectivity index (χ3n) is 3.37. The van der Waals surface area contributed by atoms with Crippen LogP contribution in [0.3, 0.4) is 0 Å². The Morgan fingerprint density at radius 1 is 1.33 bits per heavy atom. The van der Waals surface area contributed by atoms with E-state index in [9.17, 15) is 0 Å². The molecule has 2 heteroatoms. The molecule has 1 N–H and O–H groups in total. The minimum atomic E-state index is 0.644. The molecule has 15 heavy (non-hydrogen) atoms. The first-order valence-electron chi connectivity index (χ1n) is 6.64. The van der Waals surface area contributed by atoms with E-state index in [0.29, 0.717) is 6.04 Å². The van der Waals surface area contributed by atoms with Crippen LogP contribution in [0.15, 0.2) is 0 Å². The molecule has 1 unspecified atom stereocenters. The summed E-state index contributed by atoms with van der Waals surface area (Å²) >= 11 is 0. The summed E-state index contributed by atoms with van der Waals surface area (Å²) in [6.07, 6.45) is 8.06. The van der Waals surface area contributed by atoms with Crippen molar-refractivity contribution in [1.82, 2.24) is 5.32 Å². The lowest BCUT2D eigenvalue weighted by Crippen LogP contribution is -2.25. The van der Waals surface area contributed by atoms with Gasteiger partial charge in [0.05, 0.1) is 0 Å². The Balaban J connectivity index is 1.76. The SMILES string of the molecule is CCNC(C)CCCOCCC1CCC1. The Morgan fingerprint density at radius 3 is 2.73 bits per heavy atom. The van der Waals surface area contributed by atoms with Gasteiger partial charge in [0.15, 0.2) is 0 Å². The van der Waals surface area contributed by atoms with Crippen LogP contribution < -0.4 is 5.32 Å². The maximum absolute atomic E-state index is 5.64. The molecular formula is C13H27NO. The van der Waals surface area contributed by atoms with Crippen molar-refractivity contribution in [1.29, 1.82) is 0 Å². The molecule has 0 aromatic heterocycles. The standard InChI is InChI=1S/C13H27NO/c1-3-14-12(2)6-5-10-15-11-9-13-7-4-8-13/h12-14H,3-11H2,1-2H3. The third kappa shape index (κ3) is 6.16. The van der Waals surface area contributed by atoms with Crippen LogP contribution >= 0.6 is 0 Å². The van der Waals surface area contributed by atoms with Gasteiger partial charge in [-0.1, -0.05) is 26.2 Å². The summed E-state index contributed by atoms with van der Waals surface area (Å²) in [5, 5.41) is 3.42. The van der Waals surface area contributed by atoms with E-state index in [1.165, 1.54) is 38.5 Å². The smallest absolute Gasteiger partial charge is 0.0468 e. The summed E-state index contributed by atoms with van der Waals surface area (Å²) in [5.74, 6) is 0.991. The fourth-order valence-corrected chi connectivity index (χ4v) is 2.08. The Morgan fingerprint density at radius 2 is 2.13 bits per heavy atom. The van der Waals surface area contributed by atoms with Crippen molar-refractivity contribution in [2.75, 3.05) is 19.8 Å². The van der Waals surface area contributed by atoms with Crippen molar-refractivity contribution in [3.05, 3.63) is 0 Å². The number of ether oxygens (including phenoxy) is 1. The molecule has 0 aromatic carbocycles. The maximum Gasteiger partial charge on any atom is 0.0468 e. The molecule has 2 nitrogen and oxygen atoms in total. The van der Waals surface area contributed by atoms with Gasteiger partial charge in [0.1, 0.15) is 0 Å². The lowest BCUT2D eigenvalue weighted by Gasteiger charge is -2.24. The molecule has 1 aliphatic rings. The number of nitrogens with one attached hydrogen (secondary N) is 1. The zero-order chi connectivity index (χ0) is 10.9. The topological polar surface area (TPSA) is 21.3 Å². The molecule has 0 spiro atoms. The van der Waals surface area contributed by atoms with Crippen molar-refractivity contribution in [3.8, 4) is 0 Å². The Kier molecular flexibility index (Phi) is 7.03. The van der Waals surface area contributed by atoms with Gasteiger partial charge in [0.2, 0.25) is 0 Å². The summed E-state index contributed by atoms with van der Waals surface area (Å²) in [6.45, 7) is 7.41. The minimum absolute atomic E-state index is 0.644. The lowest BCUT2D eigenvalue weighted by atomic mass is 9.83.